The summed E-state index contributed by atoms with van der Waals surface area (Å²) in [6, 6.07) is 14.0. The van der Waals surface area contributed by atoms with Gasteiger partial charge < -0.3 is 0 Å². The lowest BCUT2D eigenvalue weighted by molar-refractivity contribution is -0.125. The van der Waals surface area contributed by atoms with Gasteiger partial charge in [-0.25, -0.2) is 18.4 Å². The van der Waals surface area contributed by atoms with E-state index in [1.54, 1.807) is 37.3 Å². The molecular formula is C22H17ClN4O4S2. The highest BCUT2D eigenvalue weighted by atomic mass is 35.5. The number of thioether (sulfide) groups is 1. The molecule has 1 aliphatic heterocycles. The second-order valence-corrected chi connectivity index (χ2v) is 10.7. The van der Waals surface area contributed by atoms with Crippen LogP contribution in [0.4, 0.5) is 0 Å². The zero-order valence-electron chi connectivity index (χ0n) is 17.3. The number of amides is 2. The van der Waals surface area contributed by atoms with Crippen LogP contribution in [0.25, 0.3) is 0 Å². The topological polar surface area (TPSA) is 110 Å². The Morgan fingerprint density at radius 3 is 2.33 bits per heavy atom. The highest BCUT2D eigenvalue weighted by Crippen LogP contribution is 2.31. The molecule has 0 spiro atoms. The number of rotatable bonds is 6. The van der Waals surface area contributed by atoms with Crippen LogP contribution in [0.15, 0.2) is 81.9 Å². The maximum absolute atomic E-state index is 12.9. The zero-order valence-corrected chi connectivity index (χ0v) is 19.6. The molecule has 1 aliphatic rings. The first kappa shape index (κ1) is 23.1. The summed E-state index contributed by atoms with van der Waals surface area (Å²) < 4.78 is 25.2. The molecule has 168 valence electrons. The van der Waals surface area contributed by atoms with Crippen molar-refractivity contribution >= 4 is 50.7 Å². The zero-order chi connectivity index (χ0) is 23.6. The third kappa shape index (κ3) is 5.13. The molecule has 0 bridgehead atoms. The predicted octanol–water partition coefficient (Wildman–Crippen LogP) is 3.62. The summed E-state index contributed by atoms with van der Waals surface area (Å²) in [6.45, 7) is 1.67. The van der Waals surface area contributed by atoms with E-state index in [9.17, 15) is 18.0 Å². The quantitative estimate of drug-likeness (QED) is 0.475. The number of imide groups is 1. The van der Waals surface area contributed by atoms with E-state index in [1.807, 2.05) is 0 Å². The molecule has 0 N–H and O–H groups in total. The number of aromatic nitrogens is 2. The molecule has 0 fully saturated rings. The molecule has 8 nitrogen and oxygen atoms in total. The lowest BCUT2D eigenvalue weighted by Crippen LogP contribution is -2.33. The number of carbonyl (C=O) groups excluding carboxylic acids is 2. The van der Waals surface area contributed by atoms with Gasteiger partial charge in [-0.15, -0.1) is 11.8 Å². The van der Waals surface area contributed by atoms with E-state index < -0.39 is 26.9 Å². The van der Waals surface area contributed by atoms with Crippen molar-refractivity contribution in [1.29, 1.82) is 0 Å². The third-order valence-electron chi connectivity index (χ3n) is 4.73. The van der Waals surface area contributed by atoms with E-state index >= 15 is 0 Å². The summed E-state index contributed by atoms with van der Waals surface area (Å²) >= 11 is 7.05. The average Bonchev–Trinajstić information content (AvgIpc) is 3.08. The third-order valence-corrected chi connectivity index (χ3v) is 7.93. The lowest BCUT2D eigenvalue weighted by Gasteiger charge is -2.13. The van der Waals surface area contributed by atoms with E-state index in [1.165, 1.54) is 48.4 Å². The van der Waals surface area contributed by atoms with Gasteiger partial charge in [-0.1, -0.05) is 11.6 Å². The van der Waals surface area contributed by atoms with E-state index in [-0.39, 0.29) is 16.5 Å². The van der Waals surface area contributed by atoms with Gasteiger partial charge in [-0.3, -0.25) is 9.59 Å². The first-order chi connectivity index (χ1) is 15.7. The summed E-state index contributed by atoms with van der Waals surface area (Å²) in [7, 11) is -3.62. The van der Waals surface area contributed by atoms with Gasteiger partial charge >= 0.3 is 0 Å². The molecule has 33 heavy (non-hydrogen) atoms. The first-order valence-electron chi connectivity index (χ1n) is 9.69. The maximum atomic E-state index is 12.9. The maximum Gasteiger partial charge on any atom is 0.281 e. The predicted molar refractivity (Wildman–Crippen MR) is 125 cm³/mol. The molecule has 1 unspecified atom stereocenters. The van der Waals surface area contributed by atoms with E-state index in [0.717, 1.165) is 5.01 Å². The molecule has 1 atom stereocenters. The lowest BCUT2D eigenvalue weighted by atomic mass is 10.2. The summed E-state index contributed by atoms with van der Waals surface area (Å²) in [4.78, 5) is 34.3. The number of hydrogen-bond acceptors (Lipinski definition) is 8. The monoisotopic (exact) mass is 500 g/mol. The minimum absolute atomic E-state index is 0.127. The molecule has 0 radical (unpaired) electrons. The molecule has 2 amide bonds. The summed E-state index contributed by atoms with van der Waals surface area (Å²) in [5.41, 5.74) is 0.775. The molecule has 0 saturated heterocycles. The Bertz CT molecular complexity index is 1330. The van der Waals surface area contributed by atoms with Crippen LogP contribution >= 0.6 is 23.4 Å². The fourth-order valence-corrected chi connectivity index (χ4v) is 5.38. The van der Waals surface area contributed by atoms with E-state index in [4.69, 9.17) is 11.6 Å². The molecule has 2 heterocycles. The number of hydrogen-bond donors (Lipinski definition) is 0. The van der Waals surface area contributed by atoms with Crippen molar-refractivity contribution in [1.82, 2.24) is 15.0 Å². The van der Waals surface area contributed by atoms with E-state index in [2.05, 4.69) is 15.1 Å². The molecule has 0 saturated carbocycles. The minimum Gasteiger partial charge on any atom is -0.271 e. The molecule has 4 rings (SSSR count). The van der Waals surface area contributed by atoms with Gasteiger partial charge in [0.2, 0.25) is 0 Å². The molecule has 0 aliphatic carbocycles. The Kier molecular flexibility index (Phi) is 6.59. The Balaban J connectivity index is 1.46. The standard InChI is InChI=1S/C22H17ClN4O4S2/c1-14-20(22(29)27(26-14)21(28)15-3-5-16(23)6-4-15)32-17-7-9-18(10-8-17)33(30,31)13-19-24-11-2-12-25-19/h2-12,20H,13H2,1H3. The highest BCUT2D eigenvalue weighted by molar-refractivity contribution is 8.01. The van der Waals surface area contributed by atoms with Crippen LogP contribution < -0.4 is 0 Å². The minimum atomic E-state index is -3.62. The number of hydrazone groups is 1. The Labute approximate surface area is 199 Å². The number of carbonyl (C=O) groups is 2. The van der Waals surface area contributed by atoms with Crippen molar-refractivity contribution < 1.29 is 18.0 Å². The largest absolute Gasteiger partial charge is 0.281 e. The number of benzene rings is 2. The van der Waals surface area contributed by atoms with Crippen LogP contribution in [-0.4, -0.2) is 46.2 Å². The van der Waals surface area contributed by atoms with Crippen LogP contribution in [-0.2, 0) is 20.4 Å². The van der Waals surface area contributed by atoms with Crippen LogP contribution in [0, 0.1) is 0 Å². The van der Waals surface area contributed by atoms with Gasteiger partial charge in [-0.2, -0.15) is 10.1 Å². The molecule has 11 heteroatoms. The van der Waals surface area contributed by atoms with Gasteiger partial charge in [0.05, 0.1) is 10.6 Å². The second kappa shape index (κ2) is 9.42. The number of halogens is 1. The van der Waals surface area contributed by atoms with Crippen molar-refractivity contribution in [2.24, 2.45) is 5.10 Å². The molecule has 1 aromatic heterocycles. The normalized spacial score (nSPS) is 16.1. The van der Waals surface area contributed by atoms with Gasteiger partial charge in [0.15, 0.2) is 9.84 Å². The number of nitrogens with zero attached hydrogens (tertiary/aromatic N) is 4. The number of sulfone groups is 1. The van der Waals surface area contributed by atoms with Crippen LogP contribution in [0.3, 0.4) is 0 Å². The Morgan fingerprint density at radius 2 is 1.70 bits per heavy atom. The summed E-state index contributed by atoms with van der Waals surface area (Å²) in [5, 5.41) is 4.78. The second-order valence-electron chi connectivity index (χ2n) is 7.10. The Morgan fingerprint density at radius 1 is 1.06 bits per heavy atom. The fraction of sp³-hybridized carbons (Fsp3) is 0.136. The van der Waals surface area contributed by atoms with Crippen LogP contribution in [0.5, 0.6) is 0 Å². The van der Waals surface area contributed by atoms with Crippen LogP contribution in [0.1, 0.15) is 23.1 Å². The smallest absolute Gasteiger partial charge is 0.271 e. The van der Waals surface area contributed by atoms with Gasteiger partial charge in [0.25, 0.3) is 11.8 Å². The van der Waals surface area contributed by atoms with Gasteiger partial charge in [0.1, 0.15) is 16.8 Å². The molecule has 3 aromatic rings. The fourth-order valence-electron chi connectivity index (χ4n) is 3.06. The molecule has 2 aromatic carbocycles. The SMILES string of the molecule is CC1=NN(C(=O)c2ccc(Cl)cc2)C(=O)C1Sc1ccc(S(=O)(=O)Cc2ncccn2)cc1. The van der Waals surface area contributed by atoms with Crippen molar-refractivity contribution in [2.75, 3.05) is 0 Å². The Hall–Kier alpha value is -3.08. The van der Waals surface area contributed by atoms with Crippen molar-refractivity contribution in [3.05, 3.63) is 83.4 Å². The van der Waals surface area contributed by atoms with E-state index in [0.29, 0.717) is 21.2 Å². The summed E-state index contributed by atoms with van der Waals surface area (Å²) in [5.74, 6) is -1.10. The molecular weight excluding hydrogens is 484 g/mol. The van der Waals surface area contributed by atoms with Crippen molar-refractivity contribution in [3.8, 4) is 0 Å². The van der Waals surface area contributed by atoms with Gasteiger partial charge in [-0.05, 0) is 61.5 Å². The highest BCUT2D eigenvalue weighted by Gasteiger charge is 2.38. The van der Waals surface area contributed by atoms with Crippen molar-refractivity contribution in [2.45, 2.75) is 27.7 Å². The van der Waals surface area contributed by atoms with Gasteiger partial charge in [0, 0.05) is 27.9 Å². The van der Waals surface area contributed by atoms with Crippen LogP contribution in [0.2, 0.25) is 5.02 Å². The summed E-state index contributed by atoms with van der Waals surface area (Å²) in [6.07, 6.45) is 2.97. The average molecular weight is 501 g/mol. The van der Waals surface area contributed by atoms with Crippen molar-refractivity contribution in [3.63, 3.8) is 0 Å². The first-order valence-corrected chi connectivity index (χ1v) is 12.6.